The lowest BCUT2D eigenvalue weighted by molar-refractivity contribution is 0.101. The molecule has 0 bridgehead atoms. The van der Waals surface area contributed by atoms with Crippen LogP contribution in [0, 0.1) is 0 Å². The summed E-state index contributed by atoms with van der Waals surface area (Å²) < 4.78 is 1.11. The zero-order valence-corrected chi connectivity index (χ0v) is 14.9. The van der Waals surface area contributed by atoms with Crippen LogP contribution in [0.3, 0.4) is 0 Å². The van der Waals surface area contributed by atoms with E-state index in [0.29, 0.717) is 5.82 Å². The quantitative estimate of drug-likeness (QED) is 0.751. The third-order valence-electron chi connectivity index (χ3n) is 3.85. The molecule has 0 saturated carbocycles. The number of rotatable bonds is 5. The normalized spacial score (nSPS) is 10.5. The number of amides is 1. The number of halogens is 1. The Labute approximate surface area is 155 Å². The SMILES string of the molecule is Cn1nc(C(=O)Nc2ccc(CCc3cccc(Cl)c3)cn2)ccc1=O. The third kappa shape index (κ3) is 4.55. The van der Waals surface area contributed by atoms with Gasteiger partial charge in [0.25, 0.3) is 11.5 Å². The number of benzene rings is 1. The molecular formula is C19H17ClN4O2. The molecule has 0 fully saturated rings. The Kier molecular flexibility index (Phi) is 5.43. The zero-order chi connectivity index (χ0) is 18.5. The molecule has 132 valence electrons. The van der Waals surface area contributed by atoms with E-state index >= 15 is 0 Å². The number of carbonyl (C=O) groups is 1. The number of nitrogens with zero attached hydrogens (tertiary/aromatic N) is 3. The van der Waals surface area contributed by atoms with E-state index in [0.717, 1.165) is 33.7 Å². The van der Waals surface area contributed by atoms with Crippen LogP contribution in [0.5, 0.6) is 0 Å². The van der Waals surface area contributed by atoms with E-state index in [1.165, 1.54) is 19.2 Å². The van der Waals surface area contributed by atoms with Crippen molar-refractivity contribution in [2.24, 2.45) is 7.05 Å². The fraction of sp³-hybridized carbons (Fsp3) is 0.158. The molecule has 0 atom stereocenters. The molecule has 6 nitrogen and oxygen atoms in total. The van der Waals surface area contributed by atoms with Crippen LogP contribution in [-0.4, -0.2) is 20.7 Å². The standard InChI is InChI=1S/C19H17ClN4O2/c1-24-18(25)10-8-16(23-24)19(26)22-17-9-7-14(12-21-17)6-5-13-3-2-4-15(20)11-13/h2-4,7-12H,5-6H2,1H3,(H,21,22,26). The van der Waals surface area contributed by atoms with Crippen molar-refractivity contribution in [3.63, 3.8) is 0 Å². The van der Waals surface area contributed by atoms with E-state index < -0.39 is 5.91 Å². The van der Waals surface area contributed by atoms with Gasteiger partial charge in [0, 0.05) is 24.3 Å². The largest absolute Gasteiger partial charge is 0.305 e. The number of pyridine rings is 1. The molecule has 1 aromatic carbocycles. The molecule has 2 aromatic heterocycles. The number of hydrogen-bond donors (Lipinski definition) is 1. The van der Waals surface area contributed by atoms with Crippen molar-refractivity contribution in [2.75, 3.05) is 5.32 Å². The van der Waals surface area contributed by atoms with Gasteiger partial charge in [-0.2, -0.15) is 5.10 Å². The number of aromatic nitrogens is 3. The van der Waals surface area contributed by atoms with Crippen molar-refractivity contribution in [1.82, 2.24) is 14.8 Å². The maximum atomic E-state index is 12.2. The minimum Gasteiger partial charge on any atom is -0.305 e. The van der Waals surface area contributed by atoms with Crippen molar-refractivity contribution >= 4 is 23.3 Å². The average molecular weight is 369 g/mol. The summed E-state index contributed by atoms with van der Waals surface area (Å²) in [7, 11) is 1.49. The third-order valence-corrected chi connectivity index (χ3v) is 4.09. The molecule has 0 saturated heterocycles. The van der Waals surface area contributed by atoms with Gasteiger partial charge in [-0.25, -0.2) is 9.67 Å². The lowest BCUT2D eigenvalue weighted by Crippen LogP contribution is -2.23. The lowest BCUT2D eigenvalue weighted by atomic mass is 10.1. The van der Waals surface area contributed by atoms with Crippen LogP contribution in [0.2, 0.25) is 5.02 Å². The smallest absolute Gasteiger partial charge is 0.277 e. The number of aryl methyl sites for hydroxylation is 3. The van der Waals surface area contributed by atoms with Gasteiger partial charge in [-0.3, -0.25) is 9.59 Å². The average Bonchev–Trinajstić information content (AvgIpc) is 2.63. The molecule has 3 aromatic rings. The Hall–Kier alpha value is -2.99. The molecule has 0 spiro atoms. The molecule has 26 heavy (non-hydrogen) atoms. The van der Waals surface area contributed by atoms with E-state index in [2.05, 4.69) is 15.4 Å². The Morgan fingerprint density at radius 1 is 1.12 bits per heavy atom. The lowest BCUT2D eigenvalue weighted by Gasteiger charge is -2.06. The van der Waals surface area contributed by atoms with Crippen LogP contribution in [-0.2, 0) is 19.9 Å². The predicted molar refractivity (Wildman–Crippen MR) is 101 cm³/mol. The number of nitrogens with one attached hydrogen (secondary N) is 1. The highest BCUT2D eigenvalue weighted by molar-refractivity contribution is 6.30. The van der Waals surface area contributed by atoms with Crippen molar-refractivity contribution in [3.05, 3.63) is 86.9 Å². The van der Waals surface area contributed by atoms with Crippen molar-refractivity contribution < 1.29 is 4.79 Å². The molecule has 7 heteroatoms. The molecule has 0 radical (unpaired) electrons. The Morgan fingerprint density at radius 3 is 2.62 bits per heavy atom. The fourth-order valence-corrected chi connectivity index (χ4v) is 2.64. The minimum absolute atomic E-state index is 0.152. The van der Waals surface area contributed by atoms with E-state index in [1.807, 2.05) is 30.3 Å². The first-order chi connectivity index (χ1) is 12.5. The van der Waals surface area contributed by atoms with Crippen LogP contribution < -0.4 is 10.9 Å². The highest BCUT2D eigenvalue weighted by atomic mass is 35.5. The predicted octanol–water partition coefficient (Wildman–Crippen LogP) is 2.87. The van der Waals surface area contributed by atoms with Gasteiger partial charge in [-0.1, -0.05) is 29.8 Å². The maximum Gasteiger partial charge on any atom is 0.277 e. The van der Waals surface area contributed by atoms with Crippen LogP contribution in [0.25, 0.3) is 0 Å². The van der Waals surface area contributed by atoms with E-state index in [1.54, 1.807) is 12.3 Å². The molecule has 1 amide bonds. The molecule has 3 rings (SSSR count). The Balaban J connectivity index is 1.61. The summed E-state index contributed by atoms with van der Waals surface area (Å²) in [5.74, 6) is 0.0111. The summed E-state index contributed by atoms with van der Waals surface area (Å²) in [6, 6.07) is 14.1. The second-order valence-corrected chi connectivity index (χ2v) is 6.25. The first-order valence-corrected chi connectivity index (χ1v) is 8.44. The van der Waals surface area contributed by atoms with Crippen LogP contribution in [0.4, 0.5) is 5.82 Å². The van der Waals surface area contributed by atoms with Gasteiger partial charge in [0.15, 0.2) is 0 Å². The summed E-state index contributed by atoms with van der Waals surface area (Å²) in [5, 5.41) is 7.31. The zero-order valence-electron chi connectivity index (χ0n) is 14.1. The van der Waals surface area contributed by atoms with Crippen molar-refractivity contribution in [2.45, 2.75) is 12.8 Å². The monoisotopic (exact) mass is 368 g/mol. The summed E-state index contributed by atoms with van der Waals surface area (Å²) in [6.07, 6.45) is 3.41. The van der Waals surface area contributed by atoms with E-state index in [9.17, 15) is 9.59 Å². The molecular weight excluding hydrogens is 352 g/mol. The summed E-state index contributed by atoms with van der Waals surface area (Å²) in [6.45, 7) is 0. The van der Waals surface area contributed by atoms with Gasteiger partial charge < -0.3 is 5.32 Å². The topological polar surface area (TPSA) is 76.9 Å². The number of anilines is 1. The minimum atomic E-state index is -0.417. The fourth-order valence-electron chi connectivity index (χ4n) is 2.43. The van der Waals surface area contributed by atoms with Gasteiger partial charge in [-0.05, 0) is 48.2 Å². The highest BCUT2D eigenvalue weighted by Crippen LogP contribution is 2.14. The van der Waals surface area contributed by atoms with E-state index in [4.69, 9.17) is 11.6 Å². The van der Waals surface area contributed by atoms with Crippen LogP contribution in [0.15, 0.2) is 59.5 Å². The van der Waals surface area contributed by atoms with Gasteiger partial charge in [-0.15, -0.1) is 0 Å². The Morgan fingerprint density at radius 2 is 1.92 bits per heavy atom. The number of carbonyl (C=O) groups excluding carboxylic acids is 1. The van der Waals surface area contributed by atoms with Gasteiger partial charge in [0.1, 0.15) is 11.5 Å². The summed E-state index contributed by atoms with van der Waals surface area (Å²) in [5.41, 5.74) is 2.10. The second kappa shape index (κ2) is 7.93. The second-order valence-electron chi connectivity index (χ2n) is 5.82. The van der Waals surface area contributed by atoms with Crippen molar-refractivity contribution in [3.8, 4) is 0 Å². The molecule has 0 aliphatic carbocycles. The van der Waals surface area contributed by atoms with Gasteiger partial charge in [0.2, 0.25) is 0 Å². The highest BCUT2D eigenvalue weighted by Gasteiger charge is 2.09. The van der Waals surface area contributed by atoms with Gasteiger partial charge in [0.05, 0.1) is 0 Å². The molecule has 0 aliphatic heterocycles. The number of hydrogen-bond acceptors (Lipinski definition) is 4. The Bertz CT molecular complexity index is 983. The first-order valence-electron chi connectivity index (χ1n) is 8.06. The maximum absolute atomic E-state index is 12.2. The van der Waals surface area contributed by atoms with Crippen LogP contribution >= 0.6 is 11.6 Å². The molecule has 1 N–H and O–H groups in total. The first kappa shape index (κ1) is 17.8. The molecule has 0 aliphatic rings. The van der Waals surface area contributed by atoms with Gasteiger partial charge >= 0.3 is 0 Å². The van der Waals surface area contributed by atoms with Crippen molar-refractivity contribution in [1.29, 1.82) is 0 Å². The summed E-state index contributed by atoms with van der Waals surface area (Å²) in [4.78, 5) is 27.7. The molecule has 0 unspecified atom stereocenters. The summed E-state index contributed by atoms with van der Waals surface area (Å²) >= 11 is 5.99. The van der Waals surface area contributed by atoms with E-state index in [-0.39, 0.29) is 11.3 Å². The van der Waals surface area contributed by atoms with Crippen LogP contribution in [0.1, 0.15) is 21.6 Å². The molecule has 2 heterocycles.